The predicted molar refractivity (Wildman–Crippen MR) is 211 cm³/mol. The van der Waals surface area contributed by atoms with Gasteiger partial charge in [-0.25, -0.2) is 0 Å². The zero-order valence-corrected chi connectivity index (χ0v) is 31.5. The summed E-state index contributed by atoms with van der Waals surface area (Å²) in [7, 11) is 0. The SMILES string of the molecule is CC(C)(C)c1ccc2c(c1)c1ccc(Oc3[c-]c4c(cc3)c3ccc(C(C)(C)C)cc3n3c5ccccc5nc43)[c-]c1c1nc3ccccc3n21.[Pd+2]. The van der Waals surface area contributed by atoms with Crippen LogP contribution in [-0.2, 0) is 31.3 Å². The van der Waals surface area contributed by atoms with Gasteiger partial charge in [0.25, 0.3) is 0 Å². The molecular weight excluding hydrogens is 731 g/mol. The topological polar surface area (TPSA) is 43.8 Å². The van der Waals surface area contributed by atoms with Gasteiger partial charge < -0.3 is 13.5 Å². The molecule has 10 rings (SSSR count). The summed E-state index contributed by atoms with van der Waals surface area (Å²) in [4.78, 5) is 10.3. The van der Waals surface area contributed by atoms with E-state index < -0.39 is 0 Å². The van der Waals surface area contributed by atoms with E-state index in [9.17, 15) is 0 Å². The normalized spacial score (nSPS) is 12.7. The van der Waals surface area contributed by atoms with Crippen LogP contribution in [0.2, 0.25) is 0 Å². The smallest absolute Gasteiger partial charge is 0.497 e. The molecule has 0 fully saturated rings. The molecule has 256 valence electrons. The largest absolute Gasteiger partial charge is 2.00 e. The van der Waals surface area contributed by atoms with Gasteiger partial charge >= 0.3 is 20.4 Å². The number of pyridine rings is 2. The number of hydrogen-bond acceptors (Lipinski definition) is 3. The van der Waals surface area contributed by atoms with Crippen LogP contribution >= 0.6 is 0 Å². The molecule has 52 heavy (non-hydrogen) atoms. The summed E-state index contributed by atoms with van der Waals surface area (Å²) in [6, 6.07) is 45.8. The number of imidazole rings is 2. The maximum absolute atomic E-state index is 6.62. The van der Waals surface area contributed by atoms with Crippen LogP contribution in [0.4, 0.5) is 0 Å². The molecule has 0 N–H and O–H groups in total. The molecule has 6 aromatic carbocycles. The molecule has 0 aliphatic carbocycles. The quantitative estimate of drug-likeness (QED) is 0.1000. The number of rotatable bonds is 2. The molecule has 4 aromatic heterocycles. The third kappa shape index (κ3) is 4.85. The second-order valence-electron chi connectivity index (χ2n) is 15.8. The summed E-state index contributed by atoms with van der Waals surface area (Å²) in [6.07, 6.45) is 0. The van der Waals surface area contributed by atoms with E-state index in [1.54, 1.807) is 0 Å². The monoisotopic (exact) mass is 766 g/mol. The Morgan fingerprint density at radius 1 is 0.481 bits per heavy atom. The van der Waals surface area contributed by atoms with E-state index in [1.807, 2.05) is 24.3 Å². The molecule has 0 amide bonds. The minimum absolute atomic E-state index is 0. The Labute approximate surface area is 315 Å². The van der Waals surface area contributed by atoms with E-state index >= 15 is 0 Å². The second kappa shape index (κ2) is 11.4. The molecule has 0 saturated carbocycles. The maximum atomic E-state index is 6.62. The Balaban J connectivity index is 0.00000360. The third-order valence-electron chi connectivity index (χ3n) is 10.4. The minimum atomic E-state index is 0. The van der Waals surface area contributed by atoms with Crippen LogP contribution in [0.5, 0.6) is 11.5 Å². The Morgan fingerprint density at radius 2 is 0.962 bits per heavy atom. The van der Waals surface area contributed by atoms with Crippen molar-refractivity contribution < 1.29 is 25.2 Å². The first-order valence-electron chi connectivity index (χ1n) is 17.6. The zero-order chi connectivity index (χ0) is 34.8. The van der Waals surface area contributed by atoms with Crippen molar-refractivity contribution in [1.29, 1.82) is 0 Å². The Kier molecular flexibility index (Phi) is 7.13. The number of ether oxygens (including phenoxy) is 1. The van der Waals surface area contributed by atoms with Gasteiger partial charge in [-0.2, -0.15) is 0 Å². The Morgan fingerprint density at radius 3 is 1.54 bits per heavy atom. The molecule has 6 heteroatoms. The first-order valence-corrected chi connectivity index (χ1v) is 17.6. The molecule has 0 atom stereocenters. The molecule has 5 nitrogen and oxygen atoms in total. The summed E-state index contributed by atoms with van der Waals surface area (Å²) in [6.45, 7) is 13.5. The van der Waals surface area contributed by atoms with Crippen LogP contribution in [-0.4, -0.2) is 18.8 Å². The van der Waals surface area contributed by atoms with Gasteiger partial charge in [0.2, 0.25) is 0 Å². The number of para-hydroxylation sites is 4. The van der Waals surface area contributed by atoms with E-state index in [1.165, 1.54) is 16.5 Å². The predicted octanol–water partition coefficient (Wildman–Crippen LogP) is 11.9. The van der Waals surface area contributed by atoms with E-state index in [0.717, 1.165) is 71.3 Å². The fourth-order valence-corrected chi connectivity index (χ4v) is 7.69. The van der Waals surface area contributed by atoms with Crippen LogP contribution in [0.3, 0.4) is 0 Å². The van der Waals surface area contributed by atoms with Crippen molar-refractivity contribution in [2.45, 2.75) is 52.4 Å². The van der Waals surface area contributed by atoms with E-state index in [2.05, 4.69) is 147 Å². The fourth-order valence-electron chi connectivity index (χ4n) is 7.69. The second-order valence-corrected chi connectivity index (χ2v) is 15.8. The van der Waals surface area contributed by atoms with Gasteiger partial charge in [-0.15, -0.1) is 12.1 Å². The molecule has 10 aromatic rings. The molecule has 0 aliphatic heterocycles. The number of hydrogen-bond donors (Lipinski definition) is 0. The number of nitrogens with zero attached hydrogens (tertiary/aromatic N) is 4. The van der Waals surface area contributed by atoms with Crippen molar-refractivity contribution in [2.75, 3.05) is 0 Å². The molecule has 0 spiro atoms. The number of fused-ring (bicyclic) bond motifs is 16. The summed E-state index contributed by atoms with van der Waals surface area (Å²) < 4.78 is 11.2. The molecule has 0 radical (unpaired) electrons. The first-order chi connectivity index (χ1) is 24.5. The van der Waals surface area contributed by atoms with Gasteiger partial charge in [-0.3, -0.25) is 9.97 Å². The number of aromatic nitrogens is 4. The molecule has 0 bridgehead atoms. The minimum Gasteiger partial charge on any atom is -0.497 e. The van der Waals surface area contributed by atoms with Crippen molar-refractivity contribution in [2.24, 2.45) is 0 Å². The average Bonchev–Trinajstić information content (AvgIpc) is 3.71. The van der Waals surface area contributed by atoms with Gasteiger partial charge in [0.15, 0.2) is 0 Å². The van der Waals surface area contributed by atoms with Crippen LogP contribution < -0.4 is 4.74 Å². The standard InChI is InChI=1S/C46H36N4O.Pd/c1-45(2,3)27-16-22-39-34(23-27)32-21-18-30(26-36(32)43-47-37-11-7-9-13-40(37)49(39)43)51-29-17-20-31-33-19-15-28(46(4,5)6)24-42(33)50-41-14-10-8-12-38(41)48-44(50)35(31)25-29;/h7-24H,1-6H3;/q-2;+2. The van der Waals surface area contributed by atoms with Gasteiger partial charge in [0, 0.05) is 22.5 Å². The third-order valence-corrected chi connectivity index (χ3v) is 10.4. The summed E-state index contributed by atoms with van der Waals surface area (Å²) >= 11 is 0. The van der Waals surface area contributed by atoms with Gasteiger partial charge in [-0.05, 0) is 69.1 Å². The van der Waals surface area contributed by atoms with Gasteiger partial charge in [0.05, 0.1) is 33.4 Å². The van der Waals surface area contributed by atoms with Crippen molar-refractivity contribution in [3.63, 3.8) is 0 Å². The van der Waals surface area contributed by atoms with Gasteiger partial charge in [0.1, 0.15) is 0 Å². The summed E-state index contributed by atoms with van der Waals surface area (Å²) in [5.41, 5.74) is 10.6. The molecule has 0 unspecified atom stereocenters. The van der Waals surface area contributed by atoms with Crippen molar-refractivity contribution in [1.82, 2.24) is 18.8 Å². The van der Waals surface area contributed by atoms with Crippen molar-refractivity contribution >= 4 is 76.7 Å². The number of benzene rings is 6. The van der Waals surface area contributed by atoms with E-state index in [-0.39, 0.29) is 31.3 Å². The average molecular weight is 767 g/mol. The van der Waals surface area contributed by atoms with Crippen molar-refractivity contribution in [3.8, 4) is 11.5 Å². The Bertz CT molecular complexity index is 3080. The van der Waals surface area contributed by atoms with Crippen LogP contribution in [0.1, 0.15) is 52.7 Å². The van der Waals surface area contributed by atoms with Gasteiger partial charge in [-0.1, -0.05) is 136 Å². The maximum Gasteiger partial charge on any atom is 2.00 e. The fraction of sp³-hybridized carbons (Fsp3) is 0.174. The first kappa shape index (κ1) is 32.6. The molecule has 0 aliphatic rings. The summed E-state index contributed by atoms with van der Waals surface area (Å²) in [5, 5.41) is 6.36. The van der Waals surface area contributed by atoms with Crippen molar-refractivity contribution in [3.05, 3.63) is 132 Å². The van der Waals surface area contributed by atoms with Crippen LogP contribution in [0, 0.1) is 12.1 Å². The molecule has 0 saturated heterocycles. The zero-order valence-electron chi connectivity index (χ0n) is 29.9. The van der Waals surface area contributed by atoms with E-state index in [0.29, 0.717) is 11.5 Å². The van der Waals surface area contributed by atoms with E-state index in [4.69, 9.17) is 14.7 Å². The van der Waals surface area contributed by atoms with Crippen LogP contribution in [0.25, 0.3) is 76.7 Å². The summed E-state index contributed by atoms with van der Waals surface area (Å²) in [5.74, 6) is 1.22. The molecule has 4 heterocycles. The molecular formula is C46H36N4OPd. The van der Waals surface area contributed by atoms with Crippen LogP contribution in [0.15, 0.2) is 109 Å². The Hall–Kier alpha value is -5.28.